The predicted octanol–water partition coefficient (Wildman–Crippen LogP) is 0.519. The van der Waals surface area contributed by atoms with Crippen molar-refractivity contribution < 1.29 is 23.2 Å². The summed E-state index contributed by atoms with van der Waals surface area (Å²) in [6.07, 6.45) is 0.937. The Kier molecular flexibility index (Phi) is 4.10. The first-order valence-corrected chi connectivity index (χ1v) is 6.93. The summed E-state index contributed by atoms with van der Waals surface area (Å²) in [5.74, 6) is -1.15. The fraction of sp³-hybridized carbons (Fsp3) is 0.300. The molecule has 0 aliphatic heterocycles. The third kappa shape index (κ3) is 3.65. The largest absolute Gasteiger partial charge is 0.480 e. The number of rotatable bonds is 5. The molecule has 0 aliphatic rings. The van der Waals surface area contributed by atoms with Crippen molar-refractivity contribution in [1.82, 2.24) is 0 Å². The standard InChI is InChI=1S/C10H12N2O6S/c1-11(6-10(13)14)8-4-3-7(19(2,17)18)5-9(8)12(15)16/h3-5H,6H2,1-2H3,(H,13,14). The van der Waals surface area contributed by atoms with E-state index in [0.29, 0.717) is 0 Å². The highest BCUT2D eigenvalue weighted by atomic mass is 32.2. The number of carboxylic acid groups (broad SMARTS) is 1. The number of benzene rings is 1. The maximum Gasteiger partial charge on any atom is 0.323 e. The number of aliphatic carboxylic acids is 1. The number of nitrogens with zero attached hydrogens (tertiary/aromatic N) is 2. The van der Waals surface area contributed by atoms with Gasteiger partial charge in [-0.25, -0.2) is 8.42 Å². The van der Waals surface area contributed by atoms with Gasteiger partial charge in [-0.1, -0.05) is 0 Å². The third-order valence-corrected chi connectivity index (χ3v) is 3.47. The highest BCUT2D eigenvalue weighted by molar-refractivity contribution is 7.90. The van der Waals surface area contributed by atoms with E-state index in [4.69, 9.17) is 5.11 Å². The van der Waals surface area contributed by atoms with Gasteiger partial charge in [-0.15, -0.1) is 0 Å². The van der Waals surface area contributed by atoms with Gasteiger partial charge in [0.15, 0.2) is 9.84 Å². The van der Waals surface area contributed by atoms with E-state index < -0.39 is 33.0 Å². The highest BCUT2D eigenvalue weighted by Gasteiger charge is 2.21. The van der Waals surface area contributed by atoms with Crippen LogP contribution in [0.3, 0.4) is 0 Å². The van der Waals surface area contributed by atoms with Gasteiger partial charge in [0, 0.05) is 19.4 Å². The fourth-order valence-corrected chi connectivity index (χ4v) is 2.13. The van der Waals surface area contributed by atoms with Crippen LogP contribution in [0, 0.1) is 10.1 Å². The average molecular weight is 288 g/mol. The molecule has 1 aromatic carbocycles. The number of anilines is 1. The molecule has 0 heterocycles. The van der Waals surface area contributed by atoms with Crippen molar-refractivity contribution in [3.05, 3.63) is 28.3 Å². The van der Waals surface area contributed by atoms with Crippen molar-refractivity contribution in [2.45, 2.75) is 4.90 Å². The number of carbonyl (C=O) groups is 1. The van der Waals surface area contributed by atoms with Gasteiger partial charge in [-0.2, -0.15) is 0 Å². The van der Waals surface area contributed by atoms with Crippen molar-refractivity contribution >= 4 is 27.2 Å². The maximum atomic E-state index is 11.3. The van der Waals surface area contributed by atoms with Crippen LogP contribution in [0.1, 0.15) is 0 Å². The maximum absolute atomic E-state index is 11.3. The van der Waals surface area contributed by atoms with Crippen LogP contribution in [0.2, 0.25) is 0 Å². The predicted molar refractivity (Wildman–Crippen MR) is 67.1 cm³/mol. The minimum Gasteiger partial charge on any atom is -0.480 e. The summed E-state index contributed by atoms with van der Waals surface area (Å²) in [4.78, 5) is 21.7. The molecule has 104 valence electrons. The van der Waals surface area contributed by atoms with Gasteiger partial charge >= 0.3 is 5.97 Å². The summed E-state index contributed by atoms with van der Waals surface area (Å²) in [6.45, 7) is -0.431. The Bertz CT molecular complexity index is 625. The first-order valence-electron chi connectivity index (χ1n) is 5.04. The molecule has 0 bridgehead atoms. The van der Waals surface area contributed by atoms with Crippen LogP contribution >= 0.6 is 0 Å². The Balaban J connectivity index is 3.34. The van der Waals surface area contributed by atoms with E-state index in [-0.39, 0.29) is 10.6 Å². The van der Waals surface area contributed by atoms with Gasteiger partial charge in [-0.05, 0) is 12.1 Å². The van der Waals surface area contributed by atoms with Crippen LogP contribution in [-0.2, 0) is 14.6 Å². The van der Waals surface area contributed by atoms with Crippen LogP contribution < -0.4 is 4.90 Å². The van der Waals surface area contributed by atoms with E-state index in [0.717, 1.165) is 17.2 Å². The monoisotopic (exact) mass is 288 g/mol. The second-order valence-electron chi connectivity index (χ2n) is 3.93. The SMILES string of the molecule is CN(CC(=O)O)c1ccc(S(C)(=O)=O)cc1[N+](=O)[O-]. The molecule has 0 unspecified atom stereocenters. The molecule has 1 aromatic rings. The van der Waals surface area contributed by atoms with Gasteiger partial charge in [-0.3, -0.25) is 14.9 Å². The zero-order valence-corrected chi connectivity index (χ0v) is 11.0. The van der Waals surface area contributed by atoms with Gasteiger partial charge in [0.2, 0.25) is 0 Å². The quantitative estimate of drug-likeness (QED) is 0.619. The first-order chi connectivity index (χ1) is 8.62. The summed E-state index contributed by atoms with van der Waals surface area (Å²) >= 11 is 0. The van der Waals surface area contributed by atoms with E-state index in [2.05, 4.69) is 0 Å². The molecule has 0 aliphatic carbocycles. The average Bonchev–Trinajstić information content (AvgIpc) is 2.25. The van der Waals surface area contributed by atoms with Crippen molar-refractivity contribution in [2.24, 2.45) is 0 Å². The van der Waals surface area contributed by atoms with Gasteiger partial charge in [0.1, 0.15) is 12.2 Å². The summed E-state index contributed by atoms with van der Waals surface area (Å²) in [5, 5.41) is 19.6. The number of likely N-dealkylation sites (N-methyl/N-ethyl adjacent to an activating group) is 1. The van der Waals surface area contributed by atoms with Crippen molar-refractivity contribution in [1.29, 1.82) is 0 Å². The van der Waals surface area contributed by atoms with Crippen LogP contribution in [-0.4, -0.2) is 44.3 Å². The van der Waals surface area contributed by atoms with E-state index in [9.17, 15) is 23.3 Å². The molecule has 8 nitrogen and oxygen atoms in total. The molecule has 1 rings (SSSR count). The molecule has 0 amide bonds. The Morgan fingerprint density at radius 1 is 1.47 bits per heavy atom. The molecular formula is C10H12N2O6S. The number of carboxylic acids is 1. The van der Waals surface area contributed by atoms with Crippen molar-refractivity contribution in [3.63, 3.8) is 0 Å². The Hall–Kier alpha value is -2.16. The van der Waals surface area contributed by atoms with Crippen LogP contribution in [0.4, 0.5) is 11.4 Å². The Morgan fingerprint density at radius 2 is 2.05 bits per heavy atom. The lowest BCUT2D eigenvalue weighted by molar-refractivity contribution is -0.384. The summed E-state index contributed by atoms with van der Waals surface area (Å²) in [5.41, 5.74) is -0.411. The Labute approximate surface area is 109 Å². The molecular weight excluding hydrogens is 276 g/mol. The highest BCUT2D eigenvalue weighted by Crippen LogP contribution is 2.29. The molecule has 0 spiro atoms. The molecule has 0 saturated carbocycles. The number of sulfone groups is 1. The fourth-order valence-electron chi connectivity index (χ4n) is 1.49. The lowest BCUT2D eigenvalue weighted by atomic mass is 10.2. The molecule has 19 heavy (non-hydrogen) atoms. The normalized spacial score (nSPS) is 11.1. The molecule has 0 atom stereocenters. The second kappa shape index (κ2) is 5.22. The van der Waals surface area contributed by atoms with E-state index in [1.165, 1.54) is 19.2 Å². The van der Waals surface area contributed by atoms with Crippen LogP contribution in [0.25, 0.3) is 0 Å². The first kappa shape index (κ1) is 14.9. The molecule has 0 radical (unpaired) electrons. The van der Waals surface area contributed by atoms with E-state index in [1.54, 1.807) is 0 Å². The van der Waals surface area contributed by atoms with E-state index in [1.807, 2.05) is 0 Å². The van der Waals surface area contributed by atoms with Crippen LogP contribution in [0.15, 0.2) is 23.1 Å². The molecule has 9 heteroatoms. The summed E-state index contributed by atoms with van der Waals surface area (Å²) < 4.78 is 22.7. The lowest BCUT2D eigenvalue weighted by Crippen LogP contribution is -2.25. The number of nitro groups is 1. The topological polar surface area (TPSA) is 118 Å². The second-order valence-corrected chi connectivity index (χ2v) is 5.95. The number of nitro benzene ring substituents is 1. The lowest BCUT2D eigenvalue weighted by Gasteiger charge is -2.16. The van der Waals surface area contributed by atoms with Gasteiger partial charge < -0.3 is 10.0 Å². The molecule has 0 fully saturated rings. The van der Waals surface area contributed by atoms with Gasteiger partial charge in [0.05, 0.1) is 9.82 Å². The van der Waals surface area contributed by atoms with Crippen LogP contribution in [0.5, 0.6) is 0 Å². The smallest absolute Gasteiger partial charge is 0.323 e. The minimum atomic E-state index is -3.56. The van der Waals surface area contributed by atoms with Gasteiger partial charge in [0.25, 0.3) is 5.69 Å². The number of hydrogen-bond donors (Lipinski definition) is 1. The van der Waals surface area contributed by atoms with E-state index >= 15 is 0 Å². The molecule has 1 N–H and O–H groups in total. The van der Waals surface area contributed by atoms with Crippen molar-refractivity contribution in [2.75, 3.05) is 24.7 Å². The summed E-state index contributed by atoms with van der Waals surface area (Å²) in [6, 6.07) is 3.34. The number of hydrogen-bond acceptors (Lipinski definition) is 6. The zero-order chi connectivity index (χ0) is 14.8. The molecule has 0 saturated heterocycles. The third-order valence-electron chi connectivity index (χ3n) is 2.36. The zero-order valence-electron chi connectivity index (χ0n) is 10.2. The molecule has 0 aromatic heterocycles. The van der Waals surface area contributed by atoms with Crippen molar-refractivity contribution in [3.8, 4) is 0 Å². The Morgan fingerprint density at radius 3 is 2.47 bits per heavy atom. The minimum absolute atomic E-state index is 0.0415. The summed E-state index contributed by atoms with van der Waals surface area (Å²) in [7, 11) is -2.19.